The van der Waals surface area contributed by atoms with Gasteiger partial charge in [-0.3, -0.25) is 10.5 Å². The molecule has 4 nitrogen and oxygen atoms in total. The molecule has 0 atom stereocenters. The van der Waals surface area contributed by atoms with Gasteiger partial charge in [0.05, 0.1) is 17.1 Å². The highest BCUT2D eigenvalue weighted by Gasteiger charge is 2.21. The lowest BCUT2D eigenvalue weighted by atomic mass is 10.1. The third-order valence-corrected chi connectivity index (χ3v) is 4.44. The number of nitrogens with two attached hydrogens (primary N) is 1. The lowest BCUT2D eigenvalue weighted by Gasteiger charge is -2.03. The lowest BCUT2D eigenvalue weighted by molar-refractivity contribution is -0.630. The molecule has 0 spiro atoms. The van der Waals surface area contributed by atoms with Crippen LogP contribution in [0.1, 0.15) is 10.4 Å². The van der Waals surface area contributed by atoms with Crippen molar-refractivity contribution in [3.63, 3.8) is 0 Å². The molecule has 1 heterocycles. The molecule has 0 saturated heterocycles. The maximum atomic E-state index is 12.5. The van der Waals surface area contributed by atoms with Crippen LogP contribution in [-0.4, -0.2) is 10.4 Å². The molecule has 0 unspecified atom stereocenters. The van der Waals surface area contributed by atoms with Gasteiger partial charge in [0.1, 0.15) is 17.6 Å². The Morgan fingerprint density at radius 2 is 1.91 bits per heavy atom. The molecule has 0 amide bonds. The van der Waals surface area contributed by atoms with Crippen molar-refractivity contribution in [1.82, 2.24) is 4.57 Å². The zero-order chi connectivity index (χ0) is 15.9. The number of carbonyl (C=O) groups is 1. The molecule has 0 aliphatic carbocycles. The van der Waals surface area contributed by atoms with Gasteiger partial charge in [0.15, 0.2) is 5.78 Å². The summed E-state index contributed by atoms with van der Waals surface area (Å²) in [6.45, 7) is 0.144. The van der Waals surface area contributed by atoms with Crippen LogP contribution < -0.4 is 10.3 Å². The SMILES string of the molecule is C[n+]1c(N)n(CC(=O)c2ccc(Cl)c(Cl)c2)c2ccccc21. The zero-order valence-electron chi connectivity index (χ0n) is 11.9. The van der Waals surface area contributed by atoms with E-state index >= 15 is 0 Å². The van der Waals surface area contributed by atoms with Crippen molar-refractivity contribution in [1.29, 1.82) is 0 Å². The average molecular weight is 335 g/mol. The molecular weight excluding hydrogens is 321 g/mol. The maximum absolute atomic E-state index is 12.5. The summed E-state index contributed by atoms with van der Waals surface area (Å²) in [5.74, 6) is 0.446. The zero-order valence-corrected chi connectivity index (χ0v) is 13.4. The van der Waals surface area contributed by atoms with Gasteiger partial charge in [-0.25, -0.2) is 9.13 Å². The summed E-state index contributed by atoms with van der Waals surface area (Å²) in [5.41, 5.74) is 8.52. The van der Waals surface area contributed by atoms with E-state index in [1.165, 1.54) is 0 Å². The number of aryl methyl sites for hydroxylation is 1. The van der Waals surface area contributed by atoms with E-state index in [0.29, 0.717) is 21.6 Å². The number of imidazole rings is 1. The van der Waals surface area contributed by atoms with Crippen LogP contribution in [0, 0.1) is 0 Å². The summed E-state index contributed by atoms with van der Waals surface area (Å²) in [6.07, 6.45) is 0. The van der Waals surface area contributed by atoms with Crippen molar-refractivity contribution in [3.05, 3.63) is 58.1 Å². The minimum atomic E-state index is -0.0772. The summed E-state index contributed by atoms with van der Waals surface area (Å²) >= 11 is 11.9. The molecule has 112 valence electrons. The Morgan fingerprint density at radius 3 is 2.64 bits per heavy atom. The Hall–Kier alpha value is -2.04. The van der Waals surface area contributed by atoms with Crippen molar-refractivity contribution in [2.24, 2.45) is 7.05 Å². The number of para-hydroxylation sites is 2. The van der Waals surface area contributed by atoms with Gasteiger partial charge in [0, 0.05) is 5.56 Å². The number of Topliss-reactive ketones (excluding diaryl/α,β-unsaturated/α-hetero) is 1. The molecule has 0 radical (unpaired) electrons. The fourth-order valence-corrected chi connectivity index (χ4v) is 2.77. The van der Waals surface area contributed by atoms with Crippen molar-refractivity contribution in [3.8, 4) is 0 Å². The van der Waals surface area contributed by atoms with Gasteiger partial charge in [0.25, 0.3) is 0 Å². The molecule has 0 aliphatic heterocycles. The number of aromatic nitrogens is 2. The minimum absolute atomic E-state index is 0.0772. The number of carbonyl (C=O) groups excluding carboxylic acids is 1. The molecule has 2 N–H and O–H groups in total. The van der Waals surface area contributed by atoms with Crippen LogP contribution in [0.25, 0.3) is 11.0 Å². The summed E-state index contributed by atoms with van der Waals surface area (Å²) in [5, 5.41) is 0.791. The largest absolute Gasteiger partial charge is 0.356 e. The Bertz CT molecular complexity index is 886. The van der Waals surface area contributed by atoms with Crippen molar-refractivity contribution >= 4 is 46.0 Å². The van der Waals surface area contributed by atoms with Gasteiger partial charge in [-0.1, -0.05) is 35.3 Å². The smallest absolute Gasteiger partial charge is 0.291 e. The molecular formula is C16H14Cl2N3O+. The highest BCUT2D eigenvalue weighted by molar-refractivity contribution is 6.42. The summed E-state index contributed by atoms with van der Waals surface area (Å²) in [7, 11) is 1.87. The first-order valence-corrected chi connectivity index (χ1v) is 7.45. The highest BCUT2D eigenvalue weighted by atomic mass is 35.5. The fourth-order valence-electron chi connectivity index (χ4n) is 2.47. The highest BCUT2D eigenvalue weighted by Crippen LogP contribution is 2.23. The van der Waals surface area contributed by atoms with Crippen molar-refractivity contribution in [2.75, 3.05) is 5.73 Å². The predicted molar refractivity (Wildman–Crippen MR) is 88.3 cm³/mol. The van der Waals surface area contributed by atoms with Gasteiger partial charge >= 0.3 is 5.95 Å². The third kappa shape index (κ3) is 2.45. The first-order valence-electron chi connectivity index (χ1n) is 6.70. The molecule has 3 rings (SSSR count). The van der Waals surface area contributed by atoms with E-state index in [9.17, 15) is 4.79 Å². The summed E-state index contributed by atoms with van der Waals surface area (Å²) in [4.78, 5) is 12.5. The number of ketones is 1. The number of hydrogen-bond acceptors (Lipinski definition) is 2. The Labute approximate surface area is 137 Å². The number of rotatable bonds is 3. The van der Waals surface area contributed by atoms with Crippen LogP contribution >= 0.6 is 23.2 Å². The Balaban J connectivity index is 2.01. The molecule has 0 bridgehead atoms. The standard InChI is InChI=1S/C16H13Cl2N3O/c1-20-13-4-2-3-5-14(13)21(16(20)19)9-15(22)10-6-7-11(17)12(18)8-10/h2-8,19H,9H2,1H3/p+1. The maximum Gasteiger partial charge on any atom is 0.356 e. The van der Waals surface area contributed by atoms with E-state index in [1.54, 1.807) is 22.8 Å². The predicted octanol–water partition coefficient (Wildman–Crippen LogP) is 3.24. The molecule has 1 aromatic heterocycles. The first-order chi connectivity index (χ1) is 10.5. The van der Waals surface area contributed by atoms with Gasteiger partial charge < -0.3 is 0 Å². The Morgan fingerprint density at radius 1 is 1.18 bits per heavy atom. The van der Waals surface area contributed by atoms with Crippen molar-refractivity contribution in [2.45, 2.75) is 6.54 Å². The van der Waals surface area contributed by atoms with Gasteiger partial charge in [-0.05, 0) is 30.3 Å². The molecule has 2 aromatic carbocycles. The van der Waals surface area contributed by atoms with Crippen LogP contribution in [0.3, 0.4) is 0 Å². The van der Waals surface area contributed by atoms with Gasteiger partial charge in [-0.15, -0.1) is 0 Å². The Kier molecular flexibility index (Phi) is 3.81. The molecule has 0 aliphatic rings. The summed E-state index contributed by atoms with van der Waals surface area (Å²) in [6, 6.07) is 12.6. The van der Waals surface area contributed by atoms with E-state index in [2.05, 4.69) is 0 Å². The van der Waals surface area contributed by atoms with Crippen molar-refractivity contribution < 1.29 is 9.36 Å². The van der Waals surface area contributed by atoms with E-state index < -0.39 is 0 Å². The number of anilines is 1. The van der Waals surface area contributed by atoms with Crippen LogP contribution in [0.2, 0.25) is 10.0 Å². The monoisotopic (exact) mass is 334 g/mol. The molecule has 22 heavy (non-hydrogen) atoms. The third-order valence-electron chi connectivity index (χ3n) is 3.70. The van der Waals surface area contributed by atoms with E-state index in [4.69, 9.17) is 28.9 Å². The van der Waals surface area contributed by atoms with Crippen LogP contribution in [0.4, 0.5) is 5.95 Å². The van der Waals surface area contributed by atoms with E-state index in [0.717, 1.165) is 11.0 Å². The quantitative estimate of drug-likeness (QED) is 0.590. The number of nitrogen functional groups attached to an aromatic ring is 1. The van der Waals surface area contributed by atoms with Crippen LogP contribution in [-0.2, 0) is 13.6 Å². The summed E-state index contributed by atoms with van der Waals surface area (Å²) < 4.78 is 3.65. The molecule has 3 aromatic rings. The van der Waals surface area contributed by atoms with Crippen LogP contribution in [0.15, 0.2) is 42.5 Å². The number of benzene rings is 2. The topological polar surface area (TPSA) is 51.9 Å². The fraction of sp³-hybridized carbons (Fsp3) is 0.125. The van der Waals surface area contributed by atoms with Gasteiger partial charge in [0.2, 0.25) is 0 Å². The number of hydrogen-bond donors (Lipinski definition) is 1. The second kappa shape index (κ2) is 5.63. The first kappa shape index (κ1) is 14.9. The molecule has 6 heteroatoms. The number of halogens is 2. The molecule has 0 saturated carbocycles. The lowest BCUT2D eigenvalue weighted by Crippen LogP contribution is -2.31. The second-order valence-corrected chi connectivity index (χ2v) is 5.86. The van der Waals surface area contributed by atoms with E-state index in [1.807, 2.05) is 35.9 Å². The average Bonchev–Trinajstić information content (AvgIpc) is 2.75. The number of nitrogens with zero attached hydrogens (tertiary/aromatic N) is 2. The minimum Gasteiger partial charge on any atom is -0.291 e. The van der Waals surface area contributed by atoms with Crippen LogP contribution in [0.5, 0.6) is 0 Å². The molecule has 0 fully saturated rings. The second-order valence-electron chi connectivity index (χ2n) is 5.04. The van der Waals surface area contributed by atoms with E-state index in [-0.39, 0.29) is 12.3 Å². The normalized spacial score (nSPS) is 11.0. The number of fused-ring (bicyclic) bond motifs is 1. The van der Waals surface area contributed by atoms with Gasteiger partial charge in [-0.2, -0.15) is 0 Å².